The van der Waals surface area contributed by atoms with Crippen LogP contribution in [0.15, 0.2) is 158 Å². The van der Waals surface area contributed by atoms with E-state index < -0.39 is 0 Å². The largest absolute Gasteiger partial charge is 0.135 e. The van der Waals surface area contributed by atoms with Crippen molar-refractivity contribution in [2.45, 2.75) is 6.42 Å². The Morgan fingerprint density at radius 2 is 0.909 bits per heavy atom. The molecule has 0 bridgehead atoms. The van der Waals surface area contributed by atoms with Crippen LogP contribution in [0.1, 0.15) is 11.1 Å². The molecule has 1 aliphatic rings. The minimum Gasteiger partial charge on any atom is -0.135 e. The summed E-state index contributed by atoms with van der Waals surface area (Å²) < 4.78 is 2.73. The fourth-order valence-corrected chi connectivity index (χ4v) is 8.19. The molecule has 0 radical (unpaired) electrons. The predicted octanol–water partition coefficient (Wildman–Crippen LogP) is 12.3. The molecule has 0 nitrogen and oxygen atoms in total. The monoisotopic (exact) mass is 576 g/mol. The van der Waals surface area contributed by atoms with Crippen LogP contribution >= 0.6 is 11.3 Å². The summed E-state index contributed by atoms with van der Waals surface area (Å²) in [5.74, 6) is 0. The maximum atomic E-state index is 2.41. The van der Waals surface area contributed by atoms with Crippen LogP contribution in [0.5, 0.6) is 0 Å². The molecule has 0 amide bonds. The Hall–Kier alpha value is -5.24. The molecule has 0 N–H and O–H groups in total. The zero-order valence-corrected chi connectivity index (χ0v) is 24.9. The Morgan fingerprint density at radius 1 is 0.364 bits per heavy atom. The van der Waals surface area contributed by atoms with Gasteiger partial charge in [0.2, 0.25) is 0 Å². The molecule has 9 rings (SSSR count). The van der Waals surface area contributed by atoms with Crippen LogP contribution in [-0.4, -0.2) is 0 Å². The van der Waals surface area contributed by atoms with Gasteiger partial charge < -0.3 is 0 Å². The Bertz CT molecular complexity index is 2340. The van der Waals surface area contributed by atoms with Gasteiger partial charge in [0.1, 0.15) is 0 Å². The third kappa shape index (κ3) is 4.12. The number of rotatable bonds is 4. The number of thiophene rings is 1. The van der Waals surface area contributed by atoms with Crippen molar-refractivity contribution in [3.05, 3.63) is 169 Å². The first-order valence-electron chi connectivity index (χ1n) is 15.2. The molecule has 8 aromatic rings. The van der Waals surface area contributed by atoms with Crippen LogP contribution in [0.2, 0.25) is 0 Å². The molecule has 1 heterocycles. The molecule has 44 heavy (non-hydrogen) atoms. The highest BCUT2D eigenvalue weighted by Gasteiger charge is 2.23. The van der Waals surface area contributed by atoms with Crippen LogP contribution in [0, 0.1) is 0 Å². The van der Waals surface area contributed by atoms with E-state index in [1.165, 1.54) is 86.9 Å². The van der Waals surface area contributed by atoms with E-state index in [1.807, 2.05) is 11.3 Å². The Labute approximate surface area is 261 Å². The van der Waals surface area contributed by atoms with Crippen LogP contribution in [0.3, 0.4) is 0 Å². The number of benzene rings is 7. The van der Waals surface area contributed by atoms with Crippen LogP contribution in [-0.2, 0) is 6.42 Å². The molecule has 1 heteroatoms. The zero-order valence-electron chi connectivity index (χ0n) is 24.1. The van der Waals surface area contributed by atoms with Crippen molar-refractivity contribution in [1.82, 2.24) is 0 Å². The minimum atomic E-state index is 0.968. The summed E-state index contributed by atoms with van der Waals surface area (Å²) in [5, 5.41) is 2.71. The quantitative estimate of drug-likeness (QED) is 0.195. The highest BCUT2D eigenvalue weighted by Crippen LogP contribution is 2.46. The summed E-state index contributed by atoms with van der Waals surface area (Å²) >= 11 is 1.91. The first-order chi connectivity index (χ1) is 21.8. The van der Waals surface area contributed by atoms with E-state index in [0.29, 0.717) is 0 Å². The number of hydrogen-bond donors (Lipinski definition) is 0. The van der Waals surface area contributed by atoms with Crippen molar-refractivity contribution in [2.24, 2.45) is 0 Å². The summed E-state index contributed by atoms with van der Waals surface area (Å²) in [5.41, 5.74) is 15.8. The lowest BCUT2D eigenvalue weighted by Crippen LogP contribution is -1.88. The SMILES string of the molecule is c1ccc(-c2ccc(-c3cccc(-c4ccc5c(c4)-c4cccc(-c6cccc7c6sc6ccccc67)c4C5)c3)cc2)cc1. The molecule has 1 aromatic heterocycles. The minimum absolute atomic E-state index is 0.968. The predicted molar refractivity (Wildman–Crippen MR) is 189 cm³/mol. The first-order valence-corrected chi connectivity index (χ1v) is 16.0. The zero-order chi connectivity index (χ0) is 29.0. The van der Waals surface area contributed by atoms with Gasteiger partial charge in [0.05, 0.1) is 0 Å². The summed E-state index contributed by atoms with van der Waals surface area (Å²) in [6.07, 6.45) is 0.968. The standard InChI is InChI=1S/C43H28S/c1-2-9-28(10-3-1)29-19-21-30(22-20-29)31-11-6-12-32(25-31)33-23-24-34-27-41-35(14-7-15-36(41)40(34)26-33)38-16-8-17-39-37-13-4-5-18-42(37)44-43(38)39/h1-26H,27H2. The van der Waals surface area contributed by atoms with E-state index >= 15 is 0 Å². The van der Waals surface area contributed by atoms with Gasteiger partial charge in [0.25, 0.3) is 0 Å². The molecule has 0 saturated heterocycles. The van der Waals surface area contributed by atoms with Gasteiger partial charge in [-0.05, 0) is 91.4 Å². The molecule has 206 valence electrons. The molecule has 0 aliphatic heterocycles. The molecular weight excluding hydrogens is 549 g/mol. The highest BCUT2D eigenvalue weighted by molar-refractivity contribution is 7.26. The van der Waals surface area contributed by atoms with Crippen LogP contribution < -0.4 is 0 Å². The maximum Gasteiger partial charge on any atom is 0.0433 e. The molecule has 0 atom stereocenters. The average molecular weight is 577 g/mol. The second-order valence-electron chi connectivity index (χ2n) is 11.7. The Morgan fingerprint density at radius 3 is 1.75 bits per heavy atom. The van der Waals surface area contributed by atoms with Crippen molar-refractivity contribution < 1.29 is 0 Å². The fraction of sp³-hybridized carbons (Fsp3) is 0.0233. The van der Waals surface area contributed by atoms with Gasteiger partial charge in [-0.2, -0.15) is 0 Å². The summed E-state index contributed by atoms with van der Waals surface area (Å²) in [4.78, 5) is 0. The fourth-order valence-electron chi connectivity index (χ4n) is 6.96. The van der Waals surface area contributed by atoms with Crippen molar-refractivity contribution >= 4 is 31.5 Å². The molecule has 1 aliphatic carbocycles. The van der Waals surface area contributed by atoms with E-state index in [4.69, 9.17) is 0 Å². The second kappa shape index (κ2) is 10.2. The smallest absolute Gasteiger partial charge is 0.0433 e. The lowest BCUT2D eigenvalue weighted by Gasteiger charge is -2.11. The third-order valence-corrected chi connectivity index (χ3v) is 10.4. The van der Waals surface area contributed by atoms with E-state index in [2.05, 4.69) is 158 Å². The van der Waals surface area contributed by atoms with Gasteiger partial charge >= 0.3 is 0 Å². The lowest BCUT2D eigenvalue weighted by molar-refractivity contribution is 1.27. The third-order valence-electron chi connectivity index (χ3n) is 9.16. The van der Waals surface area contributed by atoms with Crippen molar-refractivity contribution in [2.75, 3.05) is 0 Å². The van der Waals surface area contributed by atoms with Gasteiger partial charge in [0, 0.05) is 20.2 Å². The van der Waals surface area contributed by atoms with E-state index in [9.17, 15) is 0 Å². The highest BCUT2D eigenvalue weighted by atomic mass is 32.1. The topological polar surface area (TPSA) is 0 Å². The van der Waals surface area contributed by atoms with Crippen LogP contribution in [0.25, 0.3) is 75.8 Å². The van der Waals surface area contributed by atoms with E-state index in [0.717, 1.165) is 6.42 Å². The number of hydrogen-bond acceptors (Lipinski definition) is 1. The molecule has 0 fully saturated rings. The van der Waals surface area contributed by atoms with Gasteiger partial charge in [-0.3, -0.25) is 0 Å². The molecule has 0 spiro atoms. The summed E-state index contributed by atoms with van der Waals surface area (Å²) in [6, 6.07) is 57.9. The summed E-state index contributed by atoms with van der Waals surface area (Å²) in [7, 11) is 0. The molecular formula is C43H28S. The molecule has 7 aromatic carbocycles. The van der Waals surface area contributed by atoms with Crippen molar-refractivity contribution in [3.63, 3.8) is 0 Å². The van der Waals surface area contributed by atoms with E-state index in [-0.39, 0.29) is 0 Å². The maximum absolute atomic E-state index is 2.41. The molecule has 0 saturated carbocycles. The first kappa shape index (κ1) is 25.3. The normalized spacial score (nSPS) is 12.0. The summed E-state index contributed by atoms with van der Waals surface area (Å²) in [6.45, 7) is 0. The number of fused-ring (bicyclic) bond motifs is 6. The Kier molecular flexibility index (Phi) is 5.85. The van der Waals surface area contributed by atoms with E-state index in [1.54, 1.807) is 0 Å². The van der Waals surface area contributed by atoms with Gasteiger partial charge in [0.15, 0.2) is 0 Å². The Balaban J connectivity index is 1.09. The van der Waals surface area contributed by atoms with Crippen molar-refractivity contribution in [1.29, 1.82) is 0 Å². The van der Waals surface area contributed by atoms with Crippen LogP contribution in [0.4, 0.5) is 0 Å². The molecule has 0 unspecified atom stereocenters. The van der Waals surface area contributed by atoms with Crippen molar-refractivity contribution in [3.8, 4) is 55.6 Å². The average Bonchev–Trinajstić information content (AvgIpc) is 3.67. The van der Waals surface area contributed by atoms with Gasteiger partial charge in [-0.25, -0.2) is 0 Å². The second-order valence-corrected chi connectivity index (χ2v) is 12.7. The van der Waals surface area contributed by atoms with Gasteiger partial charge in [-0.1, -0.05) is 140 Å². The van der Waals surface area contributed by atoms with Gasteiger partial charge in [-0.15, -0.1) is 11.3 Å². The lowest BCUT2D eigenvalue weighted by atomic mass is 9.94.